The van der Waals surface area contributed by atoms with Crippen LogP contribution in [0.5, 0.6) is 0 Å². The minimum atomic E-state index is -0.0710. The Morgan fingerprint density at radius 2 is 2.04 bits per heavy atom. The van der Waals surface area contributed by atoms with E-state index in [4.69, 9.17) is 11.6 Å². The van der Waals surface area contributed by atoms with Gasteiger partial charge in [-0.05, 0) is 36.2 Å². The SMILES string of the molecule is Cc1cccc(Nc2nnc(SCC(=O)NCc3ccccc3Cl)s2)c1. The number of nitrogens with one attached hydrogen (secondary N) is 2. The van der Waals surface area contributed by atoms with Crippen molar-refractivity contribution in [3.8, 4) is 0 Å². The van der Waals surface area contributed by atoms with Crippen LogP contribution >= 0.6 is 34.7 Å². The van der Waals surface area contributed by atoms with Crippen molar-refractivity contribution in [2.45, 2.75) is 17.8 Å². The lowest BCUT2D eigenvalue weighted by Gasteiger charge is -2.06. The Morgan fingerprint density at radius 1 is 1.19 bits per heavy atom. The second kappa shape index (κ2) is 9.02. The first kappa shape index (κ1) is 18.7. The van der Waals surface area contributed by atoms with E-state index in [9.17, 15) is 4.79 Å². The van der Waals surface area contributed by atoms with E-state index in [0.29, 0.717) is 16.7 Å². The van der Waals surface area contributed by atoms with Gasteiger partial charge in [0.05, 0.1) is 5.75 Å². The molecule has 0 fully saturated rings. The molecule has 26 heavy (non-hydrogen) atoms. The normalized spacial score (nSPS) is 10.5. The van der Waals surface area contributed by atoms with Crippen LogP contribution in [0.4, 0.5) is 10.8 Å². The summed E-state index contributed by atoms with van der Waals surface area (Å²) in [5, 5.41) is 15.7. The molecule has 3 rings (SSSR count). The van der Waals surface area contributed by atoms with Crippen molar-refractivity contribution in [3.63, 3.8) is 0 Å². The number of halogens is 1. The molecule has 0 spiro atoms. The summed E-state index contributed by atoms with van der Waals surface area (Å²) in [4.78, 5) is 12.0. The lowest BCUT2D eigenvalue weighted by molar-refractivity contribution is -0.118. The van der Waals surface area contributed by atoms with Crippen molar-refractivity contribution in [2.75, 3.05) is 11.1 Å². The van der Waals surface area contributed by atoms with Crippen molar-refractivity contribution < 1.29 is 4.79 Å². The Kier molecular flexibility index (Phi) is 6.49. The number of carbonyl (C=O) groups excluding carboxylic acids is 1. The summed E-state index contributed by atoms with van der Waals surface area (Å²) in [6.45, 7) is 2.45. The summed E-state index contributed by atoms with van der Waals surface area (Å²) in [5.41, 5.74) is 3.03. The van der Waals surface area contributed by atoms with Crippen LogP contribution in [0.25, 0.3) is 0 Å². The minimum Gasteiger partial charge on any atom is -0.351 e. The summed E-state index contributed by atoms with van der Waals surface area (Å²) >= 11 is 8.86. The summed E-state index contributed by atoms with van der Waals surface area (Å²) < 4.78 is 0.744. The van der Waals surface area contributed by atoms with Crippen molar-refractivity contribution in [2.24, 2.45) is 0 Å². The topological polar surface area (TPSA) is 66.9 Å². The molecule has 8 heteroatoms. The zero-order valence-electron chi connectivity index (χ0n) is 14.0. The molecule has 1 amide bonds. The molecule has 1 aromatic heterocycles. The molecular formula is C18H17ClN4OS2. The highest BCUT2D eigenvalue weighted by Crippen LogP contribution is 2.27. The maximum absolute atomic E-state index is 12.0. The predicted octanol–water partition coefficient (Wildman–Crippen LogP) is 4.65. The summed E-state index contributed by atoms with van der Waals surface area (Å²) in [6.07, 6.45) is 0. The van der Waals surface area contributed by atoms with Gasteiger partial charge in [0.2, 0.25) is 11.0 Å². The smallest absolute Gasteiger partial charge is 0.230 e. The number of aromatic nitrogens is 2. The quantitative estimate of drug-likeness (QED) is 0.561. The number of hydrogen-bond donors (Lipinski definition) is 2. The first-order chi connectivity index (χ1) is 12.6. The van der Waals surface area contributed by atoms with Gasteiger partial charge in [0, 0.05) is 17.3 Å². The Balaban J connectivity index is 1.47. The lowest BCUT2D eigenvalue weighted by Crippen LogP contribution is -2.24. The number of rotatable bonds is 7. The van der Waals surface area contributed by atoms with Crippen molar-refractivity contribution in [1.29, 1.82) is 0 Å². The minimum absolute atomic E-state index is 0.0710. The van der Waals surface area contributed by atoms with Crippen molar-refractivity contribution in [3.05, 3.63) is 64.7 Å². The third kappa shape index (κ3) is 5.45. The van der Waals surface area contributed by atoms with E-state index >= 15 is 0 Å². The van der Waals surface area contributed by atoms with Crippen molar-refractivity contribution >= 4 is 51.4 Å². The first-order valence-corrected chi connectivity index (χ1v) is 10.1. The summed E-state index contributed by atoms with van der Waals surface area (Å²) in [7, 11) is 0. The molecule has 0 aliphatic rings. The van der Waals surface area contributed by atoms with Crippen LogP contribution in [-0.4, -0.2) is 21.9 Å². The number of nitrogens with zero attached hydrogens (tertiary/aromatic N) is 2. The second-order valence-electron chi connectivity index (χ2n) is 5.52. The third-order valence-corrected chi connectivity index (χ3v) is 5.78. The van der Waals surface area contributed by atoms with Crippen LogP contribution in [0.3, 0.4) is 0 Å². The maximum atomic E-state index is 12.0. The maximum Gasteiger partial charge on any atom is 0.230 e. The van der Waals surface area contributed by atoms with E-state index in [1.807, 2.05) is 55.5 Å². The fraction of sp³-hybridized carbons (Fsp3) is 0.167. The molecule has 0 bridgehead atoms. The fourth-order valence-corrected chi connectivity index (χ4v) is 3.98. The highest BCUT2D eigenvalue weighted by atomic mass is 35.5. The van der Waals surface area contributed by atoms with Gasteiger partial charge in [-0.15, -0.1) is 10.2 Å². The Hall–Kier alpha value is -2.09. The molecule has 2 aromatic carbocycles. The first-order valence-electron chi connectivity index (χ1n) is 7.90. The van der Waals surface area contributed by atoms with Gasteiger partial charge in [-0.1, -0.05) is 65.0 Å². The summed E-state index contributed by atoms with van der Waals surface area (Å²) in [6, 6.07) is 15.5. The molecule has 2 N–H and O–H groups in total. The third-order valence-electron chi connectivity index (χ3n) is 3.44. The zero-order chi connectivity index (χ0) is 18.4. The standard InChI is InChI=1S/C18H17ClN4OS2/c1-12-5-4-7-14(9-12)21-17-22-23-18(26-17)25-11-16(24)20-10-13-6-2-3-8-15(13)19/h2-9H,10-11H2,1H3,(H,20,24)(H,21,22). The van der Waals surface area contributed by atoms with Crippen LogP contribution < -0.4 is 10.6 Å². The van der Waals surface area contributed by atoms with Gasteiger partial charge in [0.25, 0.3) is 0 Å². The Bertz CT molecular complexity index is 900. The van der Waals surface area contributed by atoms with Crippen molar-refractivity contribution in [1.82, 2.24) is 15.5 Å². The average Bonchev–Trinajstić information content (AvgIpc) is 3.07. The highest BCUT2D eigenvalue weighted by molar-refractivity contribution is 8.01. The number of amides is 1. The number of thioether (sulfide) groups is 1. The van der Waals surface area contributed by atoms with E-state index in [2.05, 4.69) is 20.8 Å². The molecule has 0 saturated carbocycles. The average molecular weight is 405 g/mol. The molecule has 0 radical (unpaired) electrons. The molecule has 5 nitrogen and oxygen atoms in total. The van der Waals surface area contributed by atoms with Crippen LogP contribution in [0, 0.1) is 6.92 Å². The number of benzene rings is 2. The largest absolute Gasteiger partial charge is 0.351 e. The van der Waals surface area contributed by atoms with Crippen LogP contribution in [0.2, 0.25) is 5.02 Å². The van der Waals surface area contributed by atoms with E-state index in [1.54, 1.807) is 0 Å². The van der Waals surface area contributed by atoms with Gasteiger partial charge >= 0.3 is 0 Å². The van der Waals surface area contributed by atoms with E-state index < -0.39 is 0 Å². The Labute approximate surface area is 165 Å². The van der Waals surface area contributed by atoms with Gasteiger partial charge in [-0.25, -0.2) is 0 Å². The van der Waals surface area contributed by atoms with Gasteiger partial charge in [-0.2, -0.15) is 0 Å². The molecule has 0 aliphatic carbocycles. The molecule has 0 unspecified atom stereocenters. The second-order valence-corrected chi connectivity index (χ2v) is 8.13. The molecule has 134 valence electrons. The molecular weight excluding hydrogens is 388 g/mol. The number of carbonyl (C=O) groups is 1. The molecule has 0 aliphatic heterocycles. The number of aryl methyl sites for hydroxylation is 1. The number of anilines is 2. The molecule has 3 aromatic rings. The van der Waals surface area contributed by atoms with E-state index in [-0.39, 0.29) is 11.7 Å². The monoisotopic (exact) mass is 404 g/mol. The number of hydrogen-bond acceptors (Lipinski definition) is 6. The zero-order valence-corrected chi connectivity index (χ0v) is 16.4. The highest BCUT2D eigenvalue weighted by Gasteiger charge is 2.09. The molecule has 1 heterocycles. The van der Waals surface area contributed by atoms with Crippen LogP contribution in [-0.2, 0) is 11.3 Å². The van der Waals surface area contributed by atoms with Gasteiger partial charge < -0.3 is 10.6 Å². The summed E-state index contributed by atoms with van der Waals surface area (Å²) in [5.74, 6) is 0.210. The van der Waals surface area contributed by atoms with Gasteiger partial charge in [0.1, 0.15) is 0 Å². The van der Waals surface area contributed by atoms with Crippen LogP contribution in [0.1, 0.15) is 11.1 Å². The van der Waals surface area contributed by atoms with Gasteiger partial charge in [0.15, 0.2) is 4.34 Å². The van der Waals surface area contributed by atoms with Crippen LogP contribution in [0.15, 0.2) is 52.9 Å². The van der Waals surface area contributed by atoms with E-state index in [0.717, 1.165) is 15.6 Å². The van der Waals surface area contributed by atoms with E-state index in [1.165, 1.54) is 28.7 Å². The van der Waals surface area contributed by atoms with Gasteiger partial charge in [-0.3, -0.25) is 4.79 Å². The Morgan fingerprint density at radius 3 is 2.85 bits per heavy atom. The molecule has 0 atom stereocenters. The molecule has 0 saturated heterocycles. The lowest BCUT2D eigenvalue weighted by atomic mass is 10.2. The fourth-order valence-electron chi connectivity index (χ4n) is 2.18. The predicted molar refractivity (Wildman–Crippen MR) is 108 cm³/mol.